The number of aromatic nitrogens is 4. The maximum atomic E-state index is 6.15. The Morgan fingerprint density at radius 3 is 2.38 bits per heavy atom. The van der Waals surface area contributed by atoms with Gasteiger partial charge in [-0.15, -0.1) is 11.3 Å². The number of para-hydroxylation sites is 3. The molecule has 0 saturated heterocycles. The minimum atomic E-state index is 0.609. The highest BCUT2D eigenvalue weighted by atomic mass is 32.1. The van der Waals surface area contributed by atoms with Gasteiger partial charge in [-0.1, -0.05) is 48.5 Å². The summed E-state index contributed by atoms with van der Waals surface area (Å²) in [6.45, 7) is 0. The molecule has 8 aromatic rings. The molecule has 0 aliphatic rings. The third-order valence-electron chi connectivity index (χ3n) is 7.08. The fourth-order valence-electron chi connectivity index (χ4n) is 5.31. The molecular weight excluding hydrogens is 500 g/mol. The lowest BCUT2D eigenvalue weighted by Gasteiger charge is -2.14. The molecule has 4 aromatic carbocycles. The van der Waals surface area contributed by atoms with Gasteiger partial charge in [0.15, 0.2) is 5.58 Å². The van der Waals surface area contributed by atoms with Gasteiger partial charge in [0.05, 0.1) is 22.4 Å². The van der Waals surface area contributed by atoms with E-state index in [1.165, 1.54) is 10.8 Å². The van der Waals surface area contributed by atoms with Crippen molar-refractivity contribution in [1.29, 1.82) is 0 Å². The summed E-state index contributed by atoms with van der Waals surface area (Å²) in [4.78, 5) is 14.1. The Hall–Kier alpha value is -5.07. The van der Waals surface area contributed by atoms with Crippen LogP contribution >= 0.6 is 11.3 Å². The summed E-state index contributed by atoms with van der Waals surface area (Å²) in [6.07, 6.45) is 3.68. The molecule has 0 unspecified atom stereocenters. The molecule has 0 saturated carbocycles. The second-order valence-electron chi connectivity index (χ2n) is 9.36. The van der Waals surface area contributed by atoms with Crippen molar-refractivity contribution in [2.45, 2.75) is 0 Å². The molecular formula is C33H20N4OS. The van der Waals surface area contributed by atoms with E-state index in [4.69, 9.17) is 9.40 Å². The predicted molar refractivity (Wildman–Crippen MR) is 158 cm³/mol. The van der Waals surface area contributed by atoms with Crippen LogP contribution < -0.4 is 0 Å². The first-order chi connectivity index (χ1) is 19.3. The maximum absolute atomic E-state index is 6.15. The number of nitrogens with zero attached hydrogens (tertiary/aromatic N) is 4. The van der Waals surface area contributed by atoms with E-state index in [0.29, 0.717) is 5.89 Å². The van der Waals surface area contributed by atoms with Crippen LogP contribution in [0, 0.1) is 0 Å². The molecule has 0 N–H and O–H groups in total. The highest BCUT2D eigenvalue weighted by Gasteiger charge is 2.19. The number of fused-ring (bicyclic) bond motifs is 4. The Labute approximate surface area is 227 Å². The molecule has 0 fully saturated rings. The zero-order valence-corrected chi connectivity index (χ0v) is 21.5. The van der Waals surface area contributed by atoms with E-state index >= 15 is 0 Å². The monoisotopic (exact) mass is 520 g/mol. The number of benzene rings is 4. The quantitative estimate of drug-likeness (QED) is 0.233. The van der Waals surface area contributed by atoms with E-state index < -0.39 is 0 Å². The van der Waals surface area contributed by atoms with Crippen molar-refractivity contribution in [2.75, 3.05) is 0 Å². The molecule has 0 radical (unpaired) electrons. The van der Waals surface area contributed by atoms with Crippen LogP contribution in [-0.2, 0) is 0 Å². The summed E-state index contributed by atoms with van der Waals surface area (Å²) >= 11 is 1.64. The average Bonchev–Trinajstić information content (AvgIpc) is 3.75. The summed E-state index contributed by atoms with van der Waals surface area (Å²) < 4.78 is 8.48. The van der Waals surface area contributed by atoms with Crippen molar-refractivity contribution in [3.63, 3.8) is 0 Å². The summed E-state index contributed by atoms with van der Waals surface area (Å²) in [7, 11) is 0. The number of pyridine rings is 1. The van der Waals surface area contributed by atoms with E-state index in [0.717, 1.165) is 55.2 Å². The molecule has 0 aliphatic heterocycles. The Morgan fingerprint density at radius 2 is 1.51 bits per heavy atom. The van der Waals surface area contributed by atoms with Gasteiger partial charge in [0, 0.05) is 45.2 Å². The first-order valence-electron chi connectivity index (χ1n) is 12.7. The van der Waals surface area contributed by atoms with Gasteiger partial charge in [0.1, 0.15) is 10.5 Å². The lowest BCUT2D eigenvalue weighted by molar-refractivity contribution is 0.620. The molecule has 0 aliphatic carbocycles. The van der Waals surface area contributed by atoms with E-state index in [1.54, 1.807) is 11.3 Å². The zero-order chi connectivity index (χ0) is 25.8. The summed E-state index contributed by atoms with van der Waals surface area (Å²) in [6, 6.07) is 35.3. The van der Waals surface area contributed by atoms with Gasteiger partial charge in [0.25, 0.3) is 0 Å². The Balaban J connectivity index is 1.44. The molecule has 4 heterocycles. The highest BCUT2D eigenvalue weighted by Crippen LogP contribution is 2.39. The van der Waals surface area contributed by atoms with E-state index in [-0.39, 0.29) is 0 Å². The summed E-state index contributed by atoms with van der Waals surface area (Å²) in [5.41, 5.74) is 8.85. The van der Waals surface area contributed by atoms with Gasteiger partial charge >= 0.3 is 0 Å². The molecule has 0 atom stereocenters. The van der Waals surface area contributed by atoms with Crippen LogP contribution in [0.15, 0.2) is 125 Å². The van der Waals surface area contributed by atoms with Gasteiger partial charge in [-0.25, -0.2) is 9.97 Å². The highest BCUT2D eigenvalue weighted by molar-refractivity contribution is 7.13. The molecule has 0 spiro atoms. The second-order valence-corrected chi connectivity index (χ2v) is 10.2. The lowest BCUT2D eigenvalue weighted by atomic mass is 10.1. The van der Waals surface area contributed by atoms with Crippen LogP contribution in [0.1, 0.15) is 0 Å². The number of thiazole rings is 1. The van der Waals surface area contributed by atoms with Crippen molar-refractivity contribution in [2.24, 2.45) is 0 Å². The Morgan fingerprint density at radius 1 is 0.667 bits per heavy atom. The molecule has 5 nitrogen and oxygen atoms in total. The van der Waals surface area contributed by atoms with Gasteiger partial charge in [0.2, 0.25) is 5.89 Å². The Kier molecular flexibility index (Phi) is 4.93. The molecule has 0 amide bonds. The Bertz CT molecular complexity index is 2090. The van der Waals surface area contributed by atoms with Crippen molar-refractivity contribution in [3.05, 3.63) is 121 Å². The number of rotatable bonds is 4. The van der Waals surface area contributed by atoms with E-state index in [1.807, 2.05) is 60.2 Å². The third-order valence-corrected chi connectivity index (χ3v) is 7.88. The van der Waals surface area contributed by atoms with Gasteiger partial charge < -0.3 is 8.98 Å². The number of hydrogen-bond acceptors (Lipinski definition) is 5. The average molecular weight is 521 g/mol. The normalized spacial score (nSPS) is 11.6. The topological polar surface area (TPSA) is 56.7 Å². The molecule has 184 valence electrons. The van der Waals surface area contributed by atoms with Gasteiger partial charge in [-0.05, 0) is 54.6 Å². The van der Waals surface area contributed by atoms with Crippen molar-refractivity contribution >= 4 is 44.2 Å². The minimum Gasteiger partial charge on any atom is -0.436 e. The van der Waals surface area contributed by atoms with E-state index in [9.17, 15) is 0 Å². The molecule has 0 bridgehead atoms. The smallest absolute Gasteiger partial charge is 0.227 e. The summed E-state index contributed by atoms with van der Waals surface area (Å²) in [5, 5.41) is 5.34. The lowest BCUT2D eigenvalue weighted by Crippen LogP contribution is -1.98. The van der Waals surface area contributed by atoms with Gasteiger partial charge in [-0.2, -0.15) is 0 Å². The first-order valence-corrected chi connectivity index (χ1v) is 13.6. The van der Waals surface area contributed by atoms with Crippen molar-refractivity contribution in [3.8, 4) is 39.0 Å². The van der Waals surface area contributed by atoms with Crippen LogP contribution in [0.2, 0.25) is 0 Å². The molecule has 6 heteroatoms. The van der Waals surface area contributed by atoms with Crippen LogP contribution in [0.25, 0.3) is 71.9 Å². The maximum Gasteiger partial charge on any atom is 0.227 e. The van der Waals surface area contributed by atoms with E-state index in [2.05, 4.69) is 75.2 Å². The SMILES string of the molecule is c1ccc(-c2ccc(-c3nccs3)c(-n3c4ccccc4c4ccc(-c5nc6ccccc6o5)cc43)c2)nc1. The second kappa shape index (κ2) is 8.75. The van der Waals surface area contributed by atoms with Crippen LogP contribution in [0.3, 0.4) is 0 Å². The fraction of sp³-hybridized carbons (Fsp3) is 0. The zero-order valence-electron chi connectivity index (χ0n) is 20.7. The number of oxazole rings is 1. The van der Waals surface area contributed by atoms with Gasteiger partial charge in [-0.3, -0.25) is 4.98 Å². The van der Waals surface area contributed by atoms with Crippen LogP contribution in [-0.4, -0.2) is 19.5 Å². The first kappa shape index (κ1) is 22.0. The molecule has 8 rings (SSSR count). The van der Waals surface area contributed by atoms with Crippen LogP contribution in [0.5, 0.6) is 0 Å². The molecule has 4 aromatic heterocycles. The predicted octanol–water partition coefficient (Wildman–Crippen LogP) is 8.78. The van der Waals surface area contributed by atoms with Crippen molar-refractivity contribution < 1.29 is 4.42 Å². The largest absolute Gasteiger partial charge is 0.436 e. The van der Waals surface area contributed by atoms with Crippen LogP contribution in [0.4, 0.5) is 0 Å². The summed E-state index contributed by atoms with van der Waals surface area (Å²) in [5.74, 6) is 0.609. The molecule has 39 heavy (non-hydrogen) atoms. The third kappa shape index (κ3) is 3.57. The number of hydrogen-bond donors (Lipinski definition) is 0. The van der Waals surface area contributed by atoms with Crippen molar-refractivity contribution in [1.82, 2.24) is 19.5 Å². The standard InChI is InChI=1S/C33H20N4OS/c1-3-10-28-23(7-1)24-14-13-22(32-36-27-9-2-4-11-31(27)38-32)20-29(24)37(28)30-19-21(26-8-5-6-16-34-26)12-15-25(30)33-35-17-18-39-33/h1-20H. The minimum absolute atomic E-state index is 0.609. The fourth-order valence-corrected chi connectivity index (χ4v) is 5.98.